The number of methoxy groups -OCH3 is 2. The molecule has 1 N–H and O–H groups in total. The molecule has 0 aliphatic heterocycles. The molecule has 24 heavy (non-hydrogen) atoms. The minimum absolute atomic E-state index is 0.333. The summed E-state index contributed by atoms with van der Waals surface area (Å²) in [5.74, 6) is 0.927. The number of nitrogens with one attached hydrogen (secondary N) is 1. The van der Waals surface area contributed by atoms with Crippen LogP contribution in [0.4, 0.5) is 0 Å². The summed E-state index contributed by atoms with van der Waals surface area (Å²) in [6, 6.07) is 4.75. The Balaban J connectivity index is 2.84. The van der Waals surface area contributed by atoms with Crippen LogP contribution < -0.4 is 14.8 Å². The fourth-order valence-corrected chi connectivity index (χ4v) is 2.17. The van der Waals surface area contributed by atoms with Crippen molar-refractivity contribution in [3.63, 3.8) is 0 Å². The lowest BCUT2D eigenvalue weighted by Crippen LogP contribution is -2.46. The summed E-state index contributed by atoms with van der Waals surface area (Å²) >= 11 is 17.7. The summed E-state index contributed by atoms with van der Waals surface area (Å²) in [5.41, 5.74) is 0.333. The Bertz CT molecular complexity index is 547. The fourth-order valence-electron chi connectivity index (χ4n) is 1.82. The third-order valence-corrected chi connectivity index (χ3v) is 3.78. The van der Waals surface area contributed by atoms with Gasteiger partial charge in [0.1, 0.15) is 0 Å². The van der Waals surface area contributed by atoms with Crippen molar-refractivity contribution < 1.29 is 19.0 Å². The van der Waals surface area contributed by atoms with Crippen LogP contribution in [-0.2, 0) is 4.74 Å². The molecule has 5 nitrogen and oxygen atoms in total. The topological polar surface area (TPSA) is 56.8 Å². The second-order valence-electron chi connectivity index (χ2n) is 5.52. The molecule has 0 saturated heterocycles. The van der Waals surface area contributed by atoms with Gasteiger partial charge in [-0.1, -0.05) is 48.7 Å². The summed E-state index contributed by atoms with van der Waals surface area (Å²) in [6.07, 6.45) is -0.287. The van der Waals surface area contributed by atoms with Gasteiger partial charge in [0.25, 0.3) is 5.91 Å². The molecule has 1 aromatic rings. The highest BCUT2D eigenvalue weighted by atomic mass is 35.6. The number of benzene rings is 1. The zero-order valence-electron chi connectivity index (χ0n) is 14.1. The first-order valence-electron chi connectivity index (χ1n) is 7.40. The molecule has 0 unspecified atom stereocenters. The molecule has 0 heterocycles. The molecule has 0 bridgehead atoms. The van der Waals surface area contributed by atoms with Crippen LogP contribution in [-0.4, -0.2) is 36.8 Å². The predicted octanol–water partition coefficient (Wildman–Crippen LogP) is 4.19. The SMILES string of the molecule is COc1ccc(C(=O)N[C@@H](OCCC(C)C)C(Cl)(Cl)Cl)cc1OC. The molecule has 0 spiro atoms. The molecule has 1 atom stereocenters. The minimum Gasteiger partial charge on any atom is -0.493 e. The van der Waals surface area contributed by atoms with Gasteiger partial charge in [0, 0.05) is 12.2 Å². The molecular formula is C16H22Cl3NO4. The molecule has 0 saturated carbocycles. The summed E-state index contributed by atoms with van der Waals surface area (Å²) in [7, 11) is 3.00. The average Bonchev–Trinajstić information content (AvgIpc) is 2.51. The van der Waals surface area contributed by atoms with Crippen LogP contribution in [0.5, 0.6) is 11.5 Å². The van der Waals surface area contributed by atoms with E-state index in [0.29, 0.717) is 29.6 Å². The van der Waals surface area contributed by atoms with Gasteiger partial charge in [-0.2, -0.15) is 0 Å². The van der Waals surface area contributed by atoms with Crippen LogP contribution in [0.15, 0.2) is 18.2 Å². The van der Waals surface area contributed by atoms with E-state index in [1.54, 1.807) is 12.1 Å². The molecule has 0 fully saturated rings. The lowest BCUT2D eigenvalue weighted by molar-refractivity contribution is 0.0252. The molecule has 0 aliphatic rings. The lowest BCUT2D eigenvalue weighted by Gasteiger charge is -2.26. The van der Waals surface area contributed by atoms with Gasteiger partial charge in [0.2, 0.25) is 3.79 Å². The first kappa shape index (κ1) is 21.2. The molecule has 0 radical (unpaired) electrons. The zero-order valence-corrected chi connectivity index (χ0v) is 16.3. The van der Waals surface area contributed by atoms with Crippen molar-refractivity contribution in [2.75, 3.05) is 20.8 Å². The third-order valence-electron chi connectivity index (χ3n) is 3.18. The van der Waals surface area contributed by atoms with Gasteiger partial charge in [-0.3, -0.25) is 4.79 Å². The maximum atomic E-state index is 12.4. The van der Waals surface area contributed by atoms with E-state index in [1.807, 2.05) is 0 Å². The monoisotopic (exact) mass is 397 g/mol. The van der Waals surface area contributed by atoms with Crippen LogP contribution in [0.25, 0.3) is 0 Å². The van der Waals surface area contributed by atoms with Crippen LogP contribution in [0.3, 0.4) is 0 Å². The number of rotatable bonds is 8. The van der Waals surface area contributed by atoms with Crippen molar-refractivity contribution in [1.29, 1.82) is 0 Å². The van der Waals surface area contributed by atoms with Crippen molar-refractivity contribution in [3.05, 3.63) is 23.8 Å². The molecule has 136 valence electrons. The molecule has 1 aromatic carbocycles. The predicted molar refractivity (Wildman–Crippen MR) is 96.5 cm³/mol. The van der Waals surface area contributed by atoms with Crippen LogP contribution in [0.2, 0.25) is 0 Å². The van der Waals surface area contributed by atoms with E-state index in [4.69, 9.17) is 49.0 Å². The smallest absolute Gasteiger partial charge is 0.253 e. The molecule has 1 rings (SSSR count). The quantitative estimate of drug-likeness (QED) is 0.527. The van der Waals surface area contributed by atoms with Crippen LogP contribution in [0, 0.1) is 5.92 Å². The van der Waals surface area contributed by atoms with E-state index < -0.39 is 15.9 Å². The maximum Gasteiger partial charge on any atom is 0.253 e. The average molecular weight is 399 g/mol. The second kappa shape index (κ2) is 9.56. The maximum absolute atomic E-state index is 12.4. The molecule has 1 amide bonds. The highest BCUT2D eigenvalue weighted by Crippen LogP contribution is 2.32. The number of carbonyl (C=O) groups excluding carboxylic acids is 1. The Morgan fingerprint density at radius 2 is 1.79 bits per heavy atom. The summed E-state index contributed by atoms with van der Waals surface area (Å²) in [4.78, 5) is 12.4. The second-order valence-corrected chi connectivity index (χ2v) is 7.89. The van der Waals surface area contributed by atoms with Crippen LogP contribution >= 0.6 is 34.8 Å². The number of hydrogen-bond donors (Lipinski definition) is 1. The van der Waals surface area contributed by atoms with Crippen molar-refractivity contribution in [3.8, 4) is 11.5 Å². The Morgan fingerprint density at radius 3 is 2.29 bits per heavy atom. The van der Waals surface area contributed by atoms with Crippen molar-refractivity contribution in [2.24, 2.45) is 5.92 Å². The van der Waals surface area contributed by atoms with Gasteiger partial charge >= 0.3 is 0 Å². The van der Waals surface area contributed by atoms with Gasteiger partial charge in [0.15, 0.2) is 17.7 Å². The Morgan fingerprint density at radius 1 is 1.17 bits per heavy atom. The van der Waals surface area contributed by atoms with E-state index in [1.165, 1.54) is 20.3 Å². The van der Waals surface area contributed by atoms with E-state index in [9.17, 15) is 4.79 Å². The highest BCUT2D eigenvalue weighted by Gasteiger charge is 2.35. The molecular weight excluding hydrogens is 377 g/mol. The number of alkyl halides is 3. The van der Waals surface area contributed by atoms with E-state index in [-0.39, 0.29) is 0 Å². The van der Waals surface area contributed by atoms with Gasteiger partial charge in [-0.15, -0.1) is 0 Å². The fraction of sp³-hybridized carbons (Fsp3) is 0.562. The van der Waals surface area contributed by atoms with Crippen molar-refractivity contribution in [2.45, 2.75) is 30.3 Å². The van der Waals surface area contributed by atoms with Crippen molar-refractivity contribution in [1.82, 2.24) is 5.32 Å². The lowest BCUT2D eigenvalue weighted by atomic mass is 10.1. The van der Waals surface area contributed by atoms with Crippen LogP contribution in [0.1, 0.15) is 30.6 Å². The molecule has 0 aliphatic carbocycles. The Labute approximate surface area is 157 Å². The largest absolute Gasteiger partial charge is 0.493 e. The van der Waals surface area contributed by atoms with Gasteiger partial charge in [-0.25, -0.2) is 0 Å². The number of halogens is 3. The van der Waals surface area contributed by atoms with Gasteiger partial charge in [-0.05, 0) is 30.5 Å². The highest BCUT2D eigenvalue weighted by molar-refractivity contribution is 6.68. The summed E-state index contributed by atoms with van der Waals surface area (Å²) in [5, 5.41) is 2.58. The van der Waals surface area contributed by atoms with E-state index >= 15 is 0 Å². The zero-order chi connectivity index (χ0) is 18.3. The number of amides is 1. The minimum atomic E-state index is -1.79. The summed E-state index contributed by atoms with van der Waals surface area (Å²) < 4.78 is 14.1. The van der Waals surface area contributed by atoms with Gasteiger partial charge in [0.05, 0.1) is 14.2 Å². The first-order chi connectivity index (χ1) is 11.2. The summed E-state index contributed by atoms with van der Waals surface area (Å²) in [6.45, 7) is 4.47. The van der Waals surface area contributed by atoms with E-state index in [2.05, 4.69) is 19.2 Å². The molecule has 8 heteroatoms. The number of hydrogen-bond acceptors (Lipinski definition) is 4. The normalized spacial score (nSPS) is 12.8. The molecule has 0 aromatic heterocycles. The Hall–Kier alpha value is -0.880. The van der Waals surface area contributed by atoms with Gasteiger partial charge < -0.3 is 19.5 Å². The van der Waals surface area contributed by atoms with Crippen molar-refractivity contribution >= 4 is 40.7 Å². The van der Waals surface area contributed by atoms with E-state index in [0.717, 1.165) is 6.42 Å². The number of carbonyl (C=O) groups is 1. The third kappa shape index (κ3) is 6.55. The number of ether oxygens (including phenoxy) is 3. The Kier molecular flexibility index (Phi) is 8.43. The first-order valence-corrected chi connectivity index (χ1v) is 8.53. The standard InChI is InChI=1S/C16H22Cl3NO4/c1-10(2)7-8-24-15(16(17,18)19)20-14(21)11-5-6-12(22-3)13(9-11)23-4/h5-6,9-10,15H,7-8H2,1-4H3,(H,20,21)/t15-/m0/s1.